The Morgan fingerprint density at radius 1 is 1.56 bits per heavy atom. The van der Waals surface area contributed by atoms with Crippen LogP contribution in [0.25, 0.3) is 0 Å². The zero-order valence-electron chi connectivity index (χ0n) is 5.23. The lowest BCUT2D eigenvalue weighted by Gasteiger charge is -2.26. The summed E-state index contributed by atoms with van der Waals surface area (Å²) >= 11 is 0. The number of rotatable bonds is 2. The average Bonchev–Trinajstić information content (AvgIpc) is 1.60. The highest BCUT2D eigenvalue weighted by molar-refractivity contribution is 7.49. The van der Waals surface area contributed by atoms with Gasteiger partial charge in [0.2, 0.25) is 0 Å². The molecule has 1 saturated heterocycles. The van der Waals surface area contributed by atoms with Crippen molar-refractivity contribution in [2.24, 2.45) is 0 Å². The van der Waals surface area contributed by atoms with Crippen LogP contribution in [0.15, 0.2) is 0 Å². The molecule has 0 atom stereocenters. The van der Waals surface area contributed by atoms with Crippen LogP contribution in [0.3, 0.4) is 0 Å². The smallest absolute Gasteiger partial charge is 0.258 e. The van der Waals surface area contributed by atoms with Gasteiger partial charge >= 0.3 is 7.82 Å². The zero-order valence-corrected chi connectivity index (χ0v) is 6.13. The Hall–Kier alpha value is 0.0700. The van der Waals surface area contributed by atoms with E-state index in [4.69, 9.17) is 0 Å². The first-order valence-corrected chi connectivity index (χ1v) is 3.85. The van der Waals surface area contributed by atoms with Crippen molar-refractivity contribution in [3.63, 3.8) is 0 Å². The molecule has 0 aliphatic carbocycles. The molecule has 0 amide bonds. The van der Waals surface area contributed by atoms with Crippen molar-refractivity contribution in [2.45, 2.75) is 0 Å². The minimum absolute atomic E-state index is 0.0606. The van der Waals surface area contributed by atoms with Crippen molar-refractivity contribution in [1.82, 2.24) is 5.06 Å². The Morgan fingerprint density at radius 2 is 2.11 bits per heavy atom. The maximum absolute atomic E-state index is 10.8. The molecule has 0 radical (unpaired) electrons. The van der Waals surface area contributed by atoms with E-state index >= 15 is 0 Å². The topological polar surface area (TPSA) is 48.0 Å². The van der Waals surface area contributed by atoms with Crippen molar-refractivity contribution in [3.05, 3.63) is 0 Å². The van der Waals surface area contributed by atoms with Crippen molar-refractivity contribution in [3.8, 4) is 0 Å². The molecule has 9 heavy (non-hydrogen) atoms. The van der Waals surface area contributed by atoms with Crippen LogP contribution in [0, 0.1) is 0 Å². The van der Waals surface area contributed by atoms with Crippen LogP contribution in [0.2, 0.25) is 0 Å². The highest BCUT2D eigenvalue weighted by Gasteiger charge is 2.37. The quantitative estimate of drug-likeness (QED) is 0.429. The van der Waals surface area contributed by atoms with E-state index in [-0.39, 0.29) is 6.79 Å². The highest BCUT2D eigenvalue weighted by atomic mass is 31.2. The van der Waals surface area contributed by atoms with E-state index in [1.54, 1.807) is 14.1 Å². The molecule has 0 saturated carbocycles. The number of nitrogens with zero attached hydrogens (tertiary/aromatic N) is 1. The third-order valence-corrected chi connectivity index (χ3v) is 2.05. The molecular weight excluding hydrogens is 145 g/mol. The predicted octanol–water partition coefficient (Wildman–Crippen LogP) is 0.592. The van der Waals surface area contributed by atoms with Gasteiger partial charge < -0.3 is 0 Å². The van der Waals surface area contributed by atoms with E-state index < -0.39 is 7.82 Å². The molecule has 54 valence electrons. The molecule has 0 bridgehead atoms. The monoisotopic (exact) mass is 153 g/mol. The Kier molecular flexibility index (Phi) is 1.88. The van der Waals surface area contributed by atoms with E-state index in [9.17, 15) is 4.57 Å². The first-order valence-electron chi connectivity index (χ1n) is 2.38. The summed E-state index contributed by atoms with van der Waals surface area (Å²) in [5, 5.41) is 1.28. The van der Waals surface area contributed by atoms with E-state index in [1.807, 2.05) is 0 Å². The third kappa shape index (κ3) is 1.74. The van der Waals surface area contributed by atoms with Gasteiger partial charge in [-0.2, -0.15) is 9.69 Å². The first kappa shape index (κ1) is 7.18. The van der Waals surface area contributed by atoms with Gasteiger partial charge in [-0.25, -0.2) is 4.57 Å². The summed E-state index contributed by atoms with van der Waals surface area (Å²) in [6, 6.07) is 0. The van der Waals surface area contributed by atoms with Gasteiger partial charge in [0.1, 0.15) is 0 Å². The molecule has 1 rings (SSSR count). The molecule has 1 heterocycles. The molecule has 5 nitrogen and oxygen atoms in total. The zero-order chi connectivity index (χ0) is 6.91. The van der Waals surface area contributed by atoms with E-state index in [1.165, 1.54) is 5.06 Å². The van der Waals surface area contributed by atoms with Gasteiger partial charge in [0.25, 0.3) is 0 Å². The minimum atomic E-state index is -3.12. The molecule has 0 aromatic rings. The van der Waals surface area contributed by atoms with Crippen molar-refractivity contribution in [1.29, 1.82) is 0 Å². The van der Waals surface area contributed by atoms with Crippen LogP contribution in [0.4, 0.5) is 0 Å². The Labute approximate surface area is 53.1 Å². The SMILES string of the molecule is CN(C)OP1(=O)OCO1. The van der Waals surface area contributed by atoms with Gasteiger partial charge in [-0.05, 0) is 0 Å². The van der Waals surface area contributed by atoms with Crippen LogP contribution in [0.5, 0.6) is 0 Å². The standard InChI is InChI=1S/C3H8NO4P/c1-4(2)8-9(5)6-3-7-9/h3H2,1-2H3. The summed E-state index contributed by atoms with van der Waals surface area (Å²) < 4.78 is 24.4. The summed E-state index contributed by atoms with van der Waals surface area (Å²) in [6.07, 6.45) is 0. The van der Waals surface area contributed by atoms with Gasteiger partial charge in [-0.3, -0.25) is 9.05 Å². The molecule has 6 heteroatoms. The molecule has 0 spiro atoms. The average molecular weight is 153 g/mol. The van der Waals surface area contributed by atoms with E-state index in [0.717, 1.165) is 0 Å². The number of hydroxylamine groups is 2. The fraction of sp³-hybridized carbons (Fsp3) is 1.00. The second kappa shape index (κ2) is 2.36. The fourth-order valence-electron chi connectivity index (χ4n) is 0.386. The highest BCUT2D eigenvalue weighted by Crippen LogP contribution is 2.56. The lowest BCUT2D eigenvalue weighted by molar-refractivity contribution is -0.115. The molecule has 1 fully saturated rings. The van der Waals surface area contributed by atoms with Crippen LogP contribution in [0.1, 0.15) is 0 Å². The Bertz CT molecular complexity index is 139. The molecule has 0 N–H and O–H groups in total. The number of hydrogen-bond acceptors (Lipinski definition) is 5. The summed E-state index contributed by atoms with van der Waals surface area (Å²) in [4.78, 5) is 0. The van der Waals surface area contributed by atoms with Crippen LogP contribution in [-0.2, 0) is 18.2 Å². The summed E-state index contributed by atoms with van der Waals surface area (Å²) in [6.45, 7) is 0.0606. The molecule has 0 unspecified atom stereocenters. The second-order valence-electron chi connectivity index (χ2n) is 1.72. The molecule has 1 aliphatic rings. The molecular formula is C3H8NO4P. The number of phosphoric ester groups is 1. The summed E-state index contributed by atoms with van der Waals surface area (Å²) in [5.74, 6) is 0. The van der Waals surface area contributed by atoms with Gasteiger partial charge in [0.15, 0.2) is 6.79 Å². The second-order valence-corrected chi connectivity index (χ2v) is 3.29. The maximum atomic E-state index is 10.8. The lowest BCUT2D eigenvalue weighted by Crippen LogP contribution is -2.19. The van der Waals surface area contributed by atoms with Crippen LogP contribution in [-0.4, -0.2) is 26.0 Å². The third-order valence-electron chi connectivity index (χ3n) is 0.685. The van der Waals surface area contributed by atoms with Crippen LogP contribution >= 0.6 is 7.82 Å². The van der Waals surface area contributed by atoms with Gasteiger partial charge in [-0.15, -0.1) is 0 Å². The normalized spacial score (nSPS) is 23.9. The van der Waals surface area contributed by atoms with Crippen molar-refractivity contribution < 1.29 is 18.2 Å². The van der Waals surface area contributed by atoms with Crippen molar-refractivity contribution in [2.75, 3.05) is 20.9 Å². The Balaban J connectivity index is 2.34. The Morgan fingerprint density at radius 3 is 2.22 bits per heavy atom. The van der Waals surface area contributed by atoms with Crippen molar-refractivity contribution >= 4 is 7.82 Å². The van der Waals surface area contributed by atoms with Gasteiger partial charge in [0.05, 0.1) is 0 Å². The molecule has 1 aliphatic heterocycles. The fourth-order valence-corrected chi connectivity index (χ4v) is 1.16. The van der Waals surface area contributed by atoms with Gasteiger partial charge in [0, 0.05) is 14.1 Å². The molecule has 0 aromatic carbocycles. The largest absolute Gasteiger partial charge is 0.495 e. The first-order chi connectivity index (χ1) is 4.12. The summed E-state index contributed by atoms with van der Waals surface area (Å²) in [5.41, 5.74) is 0. The molecule has 0 aromatic heterocycles. The lowest BCUT2D eigenvalue weighted by atomic mass is 11.2. The predicted molar refractivity (Wildman–Crippen MR) is 29.4 cm³/mol. The number of phosphoric acid groups is 1. The maximum Gasteiger partial charge on any atom is 0.495 e. The van der Waals surface area contributed by atoms with Crippen LogP contribution < -0.4 is 0 Å². The minimum Gasteiger partial charge on any atom is -0.258 e. The van der Waals surface area contributed by atoms with E-state index in [2.05, 4.69) is 13.7 Å². The van der Waals surface area contributed by atoms with Gasteiger partial charge in [-0.1, -0.05) is 0 Å². The van der Waals surface area contributed by atoms with E-state index in [0.29, 0.717) is 0 Å². The summed E-state index contributed by atoms with van der Waals surface area (Å²) in [7, 11) is 0.0807. The number of hydrogen-bond donors (Lipinski definition) is 0.